The van der Waals surface area contributed by atoms with E-state index in [-0.39, 0.29) is 0 Å². The Labute approximate surface area is 106 Å². The third-order valence-corrected chi connectivity index (χ3v) is 3.68. The van der Waals surface area contributed by atoms with Gasteiger partial charge in [0.1, 0.15) is 0 Å². The van der Waals surface area contributed by atoms with Crippen molar-refractivity contribution in [1.82, 2.24) is 10.3 Å². The van der Waals surface area contributed by atoms with E-state index < -0.39 is 0 Å². The minimum atomic E-state index is 0.589. The molecule has 0 aromatic carbocycles. The van der Waals surface area contributed by atoms with Crippen LogP contribution in [-0.2, 0) is 6.42 Å². The molecule has 2 rings (SSSR count). The van der Waals surface area contributed by atoms with E-state index in [0.717, 1.165) is 16.9 Å². The van der Waals surface area contributed by atoms with E-state index in [2.05, 4.69) is 46.1 Å². The maximum Gasteiger partial charge on any atom is 0.0410 e. The molecule has 1 aliphatic rings. The first-order valence-electron chi connectivity index (χ1n) is 6.00. The second-order valence-corrected chi connectivity index (χ2v) is 5.84. The Hall–Kier alpha value is -0.410. The maximum absolute atomic E-state index is 4.20. The topological polar surface area (TPSA) is 24.9 Å². The smallest absolute Gasteiger partial charge is 0.0410 e. The monoisotopic (exact) mass is 282 g/mol. The van der Waals surface area contributed by atoms with Gasteiger partial charge in [0, 0.05) is 29.0 Å². The molecule has 88 valence electrons. The average Bonchev–Trinajstić information content (AvgIpc) is 3.01. The second-order valence-electron chi connectivity index (χ2n) is 4.92. The zero-order chi connectivity index (χ0) is 11.5. The highest BCUT2D eigenvalue weighted by atomic mass is 79.9. The fourth-order valence-corrected chi connectivity index (χ4v) is 2.31. The van der Waals surface area contributed by atoms with Crippen LogP contribution in [0.15, 0.2) is 22.9 Å². The molecule has 1 aliphatic carbocycles. The Kier molecular flexibility index (Phi) is 3.98. The Morgan fingerprint density at radius 2 is 2.19 bits per heavy atom. The van der Waals surface area contributed by atoms with E-state index in [4.69, 9.17) is 0 Å². The summed E-state index contributed by atoms with van der Waals surface area (Å²) < 4.78 is 1.07. The summed E-state index contributed by atoms with van der Waals surface area (Å²) in [6.07, 6.45) is 7.60. The Bertz CT molecular complexity index is 350. The van der Waals surface area contributed by atoms with Crippen LogP contribution in [-0.4, -0.2) is 17.1 Å². The van der Waals surface area contributed by atoms with Gasteiger partial charge in [0.05, 0.1) is 0 Å². The van der Waals surface area contributed by atoms with Crippen LogP contribution in [0.4, 0.5) is 0 Å². The molecule has 0 bridgehead atoms. The number of pyridine rings is 1. The first kappa shape index (κ1) is 12.1. The van der Waals surface area contributed by atoms with Crippen molar-refractivity contribution in [3.63, 3.8) is 0 Å². The molecule has 1 N–H and O–H groups in total. The van der Waals surface area contributed by atoms with E-state index in [0.29, 0.717) is 12.0 Å². The van der Waals surface area contributed by atoms with Crippen LogP contribution in [0.3, 0.4) is 0 Å². The number of halogens is 1. The average molecular weight is 283 g/mol. The minimum absolute atomic E-state index is 0.589. The van der Waals surface area contributed by atoms with E-state index in [1.165, 1.54) is 18.4 Å². The predicted octanol–water partition coefficient (Wildman–Crippen LogP) is 3.16. The highest BCUT2D eigenvalue weighted by molar-refractivity contribution is 9.10. The summed E-state index contributed by atoms with van der Waals surface area (Å²) in [7, 11) is 0. The van der Waals surface area contributed by atoms with Crippen LogP contribution < -0.4 is 5.32 Å². The van der Waals surface area contributed by atoms with Crippen molar-refractivity contribution in [2.24, 2.45) is 5.92 Å². The molecule has 1 saturated carbocycles. The molecular weight excluding hydrogens is 264 g/mol. The lowest BCUT2D eigenvalue weighted by Gasteiger charge is -2.21. The predicted molar refractivity (Wildman–Crippen MR) is 70.4 cm³/mol. The summed E-state index contributed by atoms with van der Waals surface area (Å²) in [4.78, 5) is 4.20. The Morgan fingerprint density at radius 3 is 2.81 bits per heavy atom. The highest BCUT2D eigenvalue weighted by Gasteiger charge is 2.24. The fourth-order valence-electron chi connectivity index (χ4n) is 1.90. The quantitative estimate of drug-likeness (QED) is 0.898. The molecule has 1 heterocycles. The fraction of sp³-hybridized carbons (Fsp3) is 0.615. The normalized spacial score (nSPS) is 19.4. The van der Waals surface area contributed by atoms with Crippen LogP contribution in [0, 0.1) is 5.92 Å². The van der Waals surface area contributed by atoms with Gasteiger partial charge in [-0.1, -0.05) is 6.92 Å². The molecule has 1 fully saturated rings. The van der Waals surface area contributed by atoms with Gasteiger partial charge in [-0.25, -0.2) is 0 Å². The third-order valence-electron chi connectivity index (χ3n) is 3.25. The molecule has 0 aliphatic heterocycles. The van der Waals surface area contributed by atoms with Crippen LogP contribution in [0.1, 0.15) is 32.3 Å². The number of aromatic nitrogens is 1. The molecule has 16 heavy (non-hydrogen) atoms. The number of nitrogens with zero attached hydrogens (tertiary/aromatic N) is 1. The minimum Gasteiger partial charge on any atom is -0.311 e. The molecule has 0 radical (unpaired) electrons. The van der Waals surface area contributed by atoms with Gasteiger partial charge in [0.2, 0.25) is 0 Å². The Morgan fingerprint density at radius 1 is 1.44 bits per heavy atom. The first-order valence-corrected chi connectivity index (χ1v) is 6.80. The van der Waals surface area contributed by atoms with E-state index in [9.17, 15) is 0 Å². The summed E-state index contributed by atoms with van der Waals surface area (Å²) in [5.41, 5.74) is 1.31. The van der Waals surface area contributed by atoms with Gasteiger partial charge in [-0.05, 0) is 59.7 Å². The molecule has 0 amide bonds. The van der Waals surface area contributed by atoms with Crippen molar-refractivity contribution in [2.45, 2.75) is 45.2 Å². The zero-order valence-corrected chi connectivity index (χ0v) is 11.5. The van der Waals surface area contributed by atoms with Crippen LogP contribution >= 0.6 is 15.9 Å². The van der Waals surface area contributed by atoms with Gasteiger partial charge in [-0.3, -0.25) is 4.98 Å². The van der Waals surface area contributed by atoms with E-state index in [1.807, 2.05) is 12.4 Å². The lowest BCUT2D eigenvalue weighted by Crippen LogP contribution is -2.34. The summed E-state index contributed by atoms with van der Waals surface area (Å²) in [5, 5.41) is 3.66. The molecule has 0 spiro atoms. The molecule has 0 saturated heterocycles. The molecule has 3 heteroatoms. The van der Waals surface area contributed by atoms with Gasteiger partial charge >= 0.3 is 0 Å². The van der Waals surface area contributed by atoms with Gasteiger partial charge < -0.3 is 5.32 Å². The third kappa shape index (κ3) is 3.56. The standard InChI is InChI=1S/C13H19BrN2/c1-9(10(2)16-13-3-4-13)5-11-6-12(14)8-15-7-11/h6-10,13,16H,3-5H2,1-2H3. The molecule has 1 aromatic rings. The summed E-state index contributed by atoms with van der Waals surface area (Å²) in [6.45, 7) is 4.59. The zero-order valence-electron chi connectivity index (χ0n) is 9.91. The van der Waals surface area contributed by atoms with Crippen LogP contribution in [0.2, 0.25) is 0 Å². The van der Waals surface area contributed by atoms with Crippen molar-refractivity contribution < 1.29 is 0 Å². The number of rotatable bonds is 5. The first-order chi connectivity index (χ1) is 7.65. The van der Waals surface area contributed by atoms with Gasteiger partial charge in [0.25, 0.3) is 0 Å². The number of hydrogen-bond acceptors (Lipinski definition) is 2. The maximum atomic E-state index is 4.20. The molecule has 1 aromatic heterocycles. The largest absolute Gasteiger partial charge is 0.311 e. The molecule has 2 nitrogen and oxygen atoms in total. The molecule has 2 unspecified atom stereocenters. The van der Waals surface area contributed by atoms with Crippen molar-refractivity contribution in [2.75, 3.05) is 0 Å². The van der Waals surface area contributed by atoms with Crippen molar-refractivity contribution in [3.05, 3.63) is 28.5 Å². The van der Waals surface area contributed by atoms with Gasteiger partial charge in [-0.15, -0.1) is 0 Å². The van der Waals surface area contributed by atoms with Crippen molar-refractivity contribution in [3.8, 4) is 0 Å². The van der Waals surface area contributed by atoms with Gasteiger partial charge in [0.15, 0.2) is 0 Å². The highest BCUT2D eigenvalue weighted by Crippen LogP contribution is 2.22. The lowest BCUT2D eigenvalue weighted by molar-refractivity contribution is 0.395. The van der Waals surface area contributed by atoms with E-state index >= 15 is 0 Å². The van der Waals surface area contributed by atoms with Gasteiger partial charge in [-0.2, -0.15) is 0 Å². The summed E-state index contributed by atoms with van der Waals surface area (Å²) in [6, 6.07) is 3.54. The summed E-state index contributed by atoms with van der Waals surface area (Å²) >= 11 is 3.46. The lowest BCUT2D eigenvalue weighted by atomic mass is 9.96. The number of hydrogen-bond donors (Lipinski definition) is 1. The second kappa shape index (κ2) is 5.28. The molecular formula is C13H19BrN2. The molecule has 2 atom stereocenters. The van der Waals surface area contributed by atoms with E-state index in [1.54, 1.807) is 0 Å². The van der Waals surface area contributed by atoms with Crippen LogP contribution in [0.25, 0.3) is 0 Å². The SMILES string of the molecule is CC(Cc1cncc(Br)c1)C(C)NC1CC1. The van der Waals surface area contributed by atoms with Crippen molar-refractivity contribution >= 4 is 15.9 Å². The number of nitrogens with one attached hydrogen (secondary N) is 1. The van der Waals surface area contributed by atoms with Crippen molar-refractivity contribution in [1.29, 1.82) is 0 Å². The summed E-state index contributed by atoms with van der Waals surface area (Å²) in [5.74, 6) is 0.650. The van der Waals surface area contributed by atoms with Crippen LogP contribution in [0.5, 0.6) is 0 Å². The Balaban J connectivity index is 1.87.